The highest BCUT2D eigenvalue weighted by atomic mass is 79.9. The van der Waals surface area contributed by atoms with Crippen LogP contribution in [0.2, 0.25) is 0 Å². The highest BCUT2D eigenvalue weighted by Gasteiger charge is 2.13. The lowest BCUT2D eigenvalue weighted by Gasteiger charge is -2.18. The third-order valence-electron chi connectivity index (χ3n) is 4.50. The second-order valence-electron chi connectivity index (χ2n) is 6.73. The molecule has 25 heavy (non-hydrogen) atoms. The molecule has 5 heteroatoms. The van der Waals surface area contributed by atoms with Gasteiger partial charge in [-0.05, 0) is 49.2 Å². The summed E-state index contributed by atoms with van der Waals surface area (Å²) in [4.78, 5) is 15.8. The Balaban J connectivity index is 1.48. The normalized spacial score (nSPS) is 15.2. The van der Waals surface area contributed by atoms with E-state index in [1.807, 2.05) is 31.3 Å². The second kappa shape index (κ2) is 8.50. The molecule has 1 atom stereocenters. The van der Waals surface area contributed by atoms with Gasteiger partial charge in [-0.25, -0.2) is 0 Å². The summed E-state index contributed by atoms with van der Waals surface area (Å²) < 4.78 is 1.07. The van der Waals surface area contributed by atoms with E-state index in [1.54, 1.807) is 0 Å². The maximum absolute atomic E-state index is 12.3. The number of nitrogens with zero attached hydrogens (tertiary/aromatic N) is 1. The Labute approximate surface area is 158 Å². The molecular formula is C20H25BrN3O+. The van der Waals surface area contributed by atoms with Gasteiger partial charge >= 0.3 is 0 Å². The van der Waals surface area contributed by atoms with Crippen LogP contribution in [0.15, 0.2) is 53.0 Å². The number of carbonyl (C=O) groups is 1. The van der Waals surface area contributed by atoms with Crippen LogP contribution in [0.4, 0.5) is 11.4 Å². The van der Waals surface area contributed by atoms with Gasteiger partial charge < -0.3 is 15.1 Å². The van der Waals surface area contributed by atoms with Gasteiger partial charge in [0.25, 0.3) is 5.91 Å². The van der Waals surface area contributed by atoms with Crippen molar-refractivity contribution >= 4 is 33.2 Å². The Bertz CT molecular complexity index is 694. The minimum Gasteiger partial charge on any atom is -0.372 e. The number of anilines is 2. The van der Waals surface area contributed by atoms with Gasteiger partial charge in [0.15, 0.2) is 6.54 Å². The molecule has 1 aliphatic heterocycles. The zero-order chi connectivity index (χ0) is 17.6. The third-order valence-corrected chi connectivity index (χ3v) is 5.03. The quantitative estimate of drug-likeness (QED) is 0.779. The first-order valence-electron chi connectivity index (χ1n) is 8.81. The van der Waals surface area contributed by atoms with Crippen molar-refractivity contribution in [2.24, 2.45) is 0 Å². The maximum atomic E-state index is 12.3. The largest absolute Gasteiger partial charge is 0.372 e. The van der Waals surface area contributed by atoms with Gasteiger partial charge in [-0.15, -0.1) is 0 Å². The Kier molecular flexibility index (Phi) is 6.10. The van der Waals surface area contributed by atoms with Crippen molar-refractivity contribution in [3.05, 3.63) is 58.6 Å². The van der Waals surface area contributed by atoms with Crippen LogP contribution < -0.4 is 15.1 Å². The van der Waals surface area contributed by atoms with Crippen LogP contribution in [0.3, 0.4) is 0 Å². The molecule has 3 rings (SSSR count). The van der Waals surface area contributed by atoms with Crippen molar-refractivity contribution in [3.63, 3.8) is 0 Å². The highest BCUT2D eigenvalue weighted by Crippen LogP contribution is 2.21. The molecule has 0 spiro atoms. The van der Waals surface area contributed by atoms with Crippen LogP contribution in [0.5, 0.6) is 0 Å². The number of rotatable bonds is 6. The molecule has 4 nitrogen and oxygen atoms in total. The summed E-state index contributed by atoms with van der Waals surface area (Å²) in [5.74, 6) is 0.0449. The van der Waals surface area contributed by atoms with E-state index in [-0.39, 0.29) is 5.91 Å². The molecule has 0 aliphatic carbocycles. The number of nitrogens with one attached hydrogen (secondary N) is 2. The van der Waals surface area contributed by atoms with E-state index in [0.717, 1.165) is 34.7 Å². The lowest BCUT2D eigenvalue weighted by atomic mass is 10.2. The molecule has 132 valence electrons. The van der Waals surface area contributed by atoms with Gasteiger partial charge in [0, 0.05) is 34.5 Å². The van der Waals surface area contributed by atoms with Gasteiger partial charge in [-0.3, -0.25) is 4.79 Å². The minimum absolute atomic E-state index is 0.0449. The fourth-order valence-corrected chi connectivity index (χ4v) is 3.49. The van der Waals surface area contributed by atoms with Crippen LogP contribution in [0, 0.1) is 0 Å². The van der Waals surface area contributed by atoms with Crippen molar-refractivity contribution in [3.8, 4) is 0 Å². The number of quaternary nitrogens is 1. The summed E-state index contributed by atoms with van der Waals surface area (Å²) in [5, 5.41) is 3.00. The molecular weight excluding hydrogens is 378 g/mol. The smallest absolute Gasteiger partial charge is 0.279 e. The summed E-state index contributed by atoms with van der Waals surface area (Å²) in [7, 11) is 2.04. The van der Waals surface area contributed by atoms with E-state index in [1.165, 1.54) is 24.1 Å². The Morgan fingerprint density at radius 3 is 2.36 bits per heavy atom. The summed E-state index contributed by atoms with van der Waals surface area (Å²) >= 11 is 3.44. The van der Waals surface area contributed by atoms with Gasteiger partial charge in [0.05, 0.1) is 7.05 Å². The number of likely N-dealkylation sites (N-methyl/N-ethyl adjacent to an activating group) is 1. The van der Waals surface area contributed by atoms with Crippen LogP contribution in [-0.2, 0) is 11.3 Å². The van der Waals surface area contributed by atoms with E-state index < -0.39 is 0 Å². The molecule has 1 fully saturated rings. The summed E-state index contributed by atoms with van der Waals surface area (Å²) in [5.41, 5.74) is 3.33. The van der Waals surface area contributed by atoms with E-state index in [0.29, 0.717) is 6.54 Å². The highest BCUT2D eigenvalue weighted by molar-refractivity contribution is 9.10. The van der Waals surface area contributed by atoms with Crippen molar-refractivity contribution in [2.45, 2.75) is 19.4 Å². The Hall–Kier alpha value is -1.85. The zero-order valence-corrected chi connectivity index (χ0v) is 16.2. The van der Waals surface area contributed by atoms with E-state index in [9.17, 15) is 4.79 Å². The number of hydrogen-bond acceptors (Lipinski definition) is 2. The Morgan fingerprint density at radius 2 is 1.72 bits per heavy atom. The Morgan fingerprint density at radius 1 is 1.08 bits per heavy atom. The van der Waals surface area contributed by atoms with Crippen LogP contribution in [-0.4, -0.2) is 32.6 Å². The molecule has 1 aliphatic rings. The topological polar surface area (TPSA) is 36.8 Å². The van der Waals surface area contributed by atoms with Crippen LogP contribution in [0.25, 0.3) is 0 Å². The molecule has 2 N–H and O–H groups in total. The first-order chi connectivity index (χ1) is 12.1. The summed E-state index contributed by atoms with van der Waals surface area (Å²) in [6.45, 7) is 3.55. The molecule has 2 aromatic rings. The lowest BCUT2D eigenvalue weighted by molar-refractivity contribution is -0.885. The molecule has 1 amide bonds. The molecule has 1 heterocycles. The predicted octanol–water partition coefficient (Wildman–Crippen LogP) is 2.70. The van der Waals surface area contributed by atoms with Gasteiger partial charge in [-0.1, -0.05) is 28.1 Å². The number of benzene rings is 2. The molecule has 0 radical (unpaired) electrons. The first kappa shape index (κ1) is 18.0. The zero-order valence-electron chi connectivity index (χ0n) is 14.6. The predicted molar refractivity (Wildman–Crippen MR) is 106 cm³/mol. The van der Waals surface area contributed by atoms with Gasteiger partial charge in [0.2, 0.25) is 0 Å². The molecule has 2 aromatic carbocycles. The number of amides is 1. The minimum atomic E-state index is 0.0449. The standard InChI is InChI=1S/C20H24BrN3O/c1-23(14-16-4-6-17(21)7-5-16)15-20(25)22-18-8-10-19(11-9-18)24-12-2-3-13-24/h4-11H,2-3,12-15H2,1H3,(H,22,25)/p+1. The number of halogens is 1. The average molecular weight is 403 g/mol. The van der Waals surface area contributed by atoms with Crippen molar-refractivity contribution < 1.29 is 9.69 Å². The van der Waals surface area contributed by atoms with Crippen LogP contribution in [0.1, 0.15) is 18.4 Å². The summed E-state index contributed by atoms with van der Waals surface area (Å²) in [6.07, 6.45) is 2.54. The molecule has 0 aromatic heterocycles. The fourth-order valence-electron chi connectivity index (χ4n) is 3.22. The van der Waals surface area contributed by atoms with Crippen molar-refractivity contribution in [1.29, 1.82) is 0 Å². The number of hydrogen-bond donors (Lipinski definition) is 2. The SMILES string of the molecule is C[NH+](CC(=O)Nc1ccc(N2CCCC2)cc1)Cc1ccc(Br)cc1. The fraction of sp³-hybridized carbons (Fsp3) is 0.350. The van der Waals surface area contributed by atoms with Crippen LogP contribution >= 0.6 is 15.9 Å². The van der Waals surface area contributed by atoms with E-state index in [4.69, 9.17) is 0 Å². The average Bonchev–Trinajstić information content (AvgIpc) is 3.12. The first-order valence-corrected chi connectivity index (χ1v) is 9.60. The van der Waals surface area contributed by atoms with Gasteiger partial charge in [0.1, 0.15) is 6.54 Å². The molecule has 0 bridgehead atoms. The lowest BCUT2D eigenvalue weighted by Crippen LogP contribution is -3.08. The molecule has 0 saturated carbocycles. The van der Waals surface area contributed by atoms with E-state index in [2.05, 4.69) is 50.4 Å². The molecule has 1 unspecified atom stereocenters. The third kappa shape index (κ3) is 5.31. The number of carbonyl (C=O) groups excluding carboxylic acids is 1. The van der Waals surface area contributed by atoms with Crippen molar-refractivity contribution in [2.75, 3.05) is 36.9 Å². The molecule has 1 saturated heterocycles. The van der Waals surface area contributed by atoms with E-state index >= 15 is 0 Å². The van der Waals surface area contributed by atoms with Crippen molar-refractivity contribution in [1.82, 2.24) is 0 Å². The second-order valence-corrected chi connectivity index (χ2v) is 7.64. The summed E-state index contributed by atoms with van der Waals surface area (Å²) in [6, 6.07) is 16.4. The van der Waals surface area contributed by atoms with Gasteiger partial charge in [-0.2, -0.15) is 0 Å². The monoisotopic (exact) mass is 402 g/mol. The maximum Gasteiger partial charge on any atom is 0.279 e.